The van der Waals surface area contributed by atoms with Gasteiger partial charge in [-0.25, -0.2) is 8.60 Å². The summed E-state index contributed by atoms with van der Waals surface area (Å²) in [7, 11) is 0. The lowest BCUT2D eigenvalue weighted by molar-refractivity contribution is 0.0780. The average molecular weight is 309 g/mol. The van der Waals surface area contributed by atoms with E-state index in [-0.39, 0.29) is 12.4 Å². The summed E-state index contributed by atoms with van der Waals surface area (Å²) in [5.74, 6) is -0.329. The minimum atomic E-state index is -3.61. The molecule has 2 N–H and O–H groups in total. The molecule has 0 heterocycles. The topological polar surface area (TPSA) is 49.3 Å². The predicted octanol–water partition coefficient (Wildman–Crippen LogP) is 2.94. The molecule has 0 aromatic heterocycles. The minimum absolute atomic E-state index is 0.0898. The molecule has 0 amide bonds. The highest BCUT2D eigenvalue weighted by Gasteiger charge is 2.36. The van der Waals surface area contributed by atoms with Gasteiger partial charge >= 0.3 is 5.25 Å². The summed E-state index contributed by atoms with van der Waals surface area (Å²) in [6.45, 7) is 3.56. The Labute approximate surface area is 118 Å². The highest BCUT2D eigenvalue weighted by molar-refractivity contribution is 7.80. The summed E-state index contributed by atoms with van der Waals surface area (Å²) in [6, 6.07) is 5.95. The Morgan fingerprint density at radius 3 is 2.30 bits per heavy atom. The molecule has 1 aromatic rings. The van der Waals surface area contributed by atoms with Crippen LogP contribution in [0.1, 0.15) is 25.8 Å². The summed E-state index contributed by atoms with van der Waals surface area (Å²) in [5.41, 5.74) is 0.395. The van der Waals surface area contributed by atoms with Gasteiger partial charge in [-0.3, -0.25) is 0 Å². The van der Waals surface area contributed by atoms with Crippen molar-refractivity contribution in [2.75, 3.05) is 6.54 Å². The maximum Gasteiger partial charge on any atom is 0.346 e. The maximum absolute atomic E-state index is 13.0. The first-order chi connectivity index (χ1) is 9.12. The number of halogens is 3. The van der Waals surface area contributed by atoms with E-state index in [1.807, 2.05) is 13.8 Å². The molecule has 20 heavy (non-hydrogen) atoms. The van der Waals surface area contributed by atoms with Crippen LogP contribution in [0.4, 0.5) is 13.2 Å². The van der Waals surface area contributed by atoms with Crippen LogP contribution in [0.15, 0.2) is 24.3 Å². The lowest BCUT2D eigenvalue weighted by Crippen LogP contribution is -2.43. The van der Waals surface area contributed by atoms with Crippen LogP contribution in [0.5, 0.6) is 0 Å². The molecule has 0 saturated carbocycles. The highest BCUT2D eigenvalue weighted by Crippen LogP contribution is 2.21. The third-order valence-electron chi connectivity index (χ3n) is 2.83. The number of nitrogens with one attached hydrogen (secondary N) is 1. The Hall–Kier alpha value is -0.920. The average Bonchev–Trinajstić information content (AvgIpc) is 2.31. The van der Waals surface area contributed by atoms with E-state index in [4.69, 9.17) is 4.55 Å². The monoisotopic (exact) mass is 309 g/mol. The fourth-order valence-corrected chi connectivity index (χ4v) is 2.09. The second-order valence-corrected chi connectivity index (χ2v) is 6.35. The van der Waals surface area contributed by atoms with Gasteiger partial charge in [-0.05, 0) is 38.0 Å². The van der Waals surface area contributed by atoms with Gasteiger partial charge in [0.1, 0.15) is 5.82 Å². The molecule has 0 bridgehead atoms. The van der Waals surface area contributed by atoms with Gasteiger partial charge in [-0.1, -0.05) is 12.1 Å². The van der Waals surface area contributed by atoms with Crippen LogP contribution < -0.4 is 5.32 Å². The van der Waals surface area contributed by atoms with Gasteiger partial charge in [0.2, 0.25) is 11.1 Å². The molecule has 3 nitrogen and oxygen atoms in total. The molecular weight excluding hydrogens is 291 g/mol. The van der Waals surface area contributed by atoms with E-state index in [2.05, 4.69) is 5.32 Å². The summed E-state index contributed by atoms with van der Waals surface area (Å²) < 4.78 is 57.5. The van der Waals surface area contributed by atoms with Crippen molar-refractivity contribution < 1.29 is 21.9 Å². The van der Waals surface area contributed by atoms with E-state index >= 15 is 0 Å². The van der Waals surface area contributed by atoms with Crippen molar-refractivity contribution in [3.63, 3.8) is 0 Å². The lowest BCUT2D eigenvalue weighted by atomic mass is 9.95. The largest absolute Gasteiger partial charge is 0.346 e. The maximum atomic E-state index is 13.0. The fourth-order valence-electron chi connectivity index (χ4n) is 1.81. The molecule has 7 heteroatoms. The summed E-state index contributed by atoms with van der Waals surface area (Å²) in [6.07, 6.45) is -0.190. The Balaban J connectivity index is 2.49. The third kappa shape index (κ3) is 5.60. The van der Waals surface area contributed by atoms with Crippen molar-refractivity contribution in [2.45, 2.75) is 37.5 Å². The molecule has 0 aliphatic carbocycles. The Morgan fingerprint density at radius 2 is 1.80 bits per heavy atom. The summed E-state index contributed by atoms with van der Waals surface area (Å²) in [4.78, 5) is 0. The molecule has 1 unspecified atom stereocenters. The molecular formula is C13H18F3NO2S. The Kier molecular flexibility index (Phi) is 5.73. The third-order valence-corrected chi connectivity index (χ3v) is 3.55. The van der Waals surface area contributed by atoms with E-state index in [1.54, 1.807) is 12.1 Å². The van der Waals surface area contributed by atoms with Crippen LogP contribution in [0, 0.1) is 5.82 Å². The molecule has 0 saturated heterocycles. The quantitative estimate of drug-likeness (QED) is 0.761. The zero-order valence-electron chi connectivity index (χ0n) is 11.3. The number of hydrogen-bond donors (Lipinski definition) is 2. The van der Waals surface area contributed by atoms with Crippen molar-refractivity contribution in [3.05, 3.63) is 35.6 Å². The van der Waals surface area contributed by atoms with E-state index in [0.29, 0.717) is 6.42 Å². The summed E-state index contributed by atoms with van der Waals surface area (Å²) >= 11 is -3.16. The van der Waals surface area contributed by atoms with E-state index in [9.17, 15) is 17.4 Å². The number of alkyl halides is 2. The second kappa shape index (κ2) is 6.69. The first kappa shape index (κ1) is 17.1. The minimum Gasteiger partial charge on any atom is -0.311 e. The molecule has 0 aliphatic rings. The van der Waals surface area contributed by atoms with Gasteiger partial charge in [-0.2, -0.15) is 8.78 Å². The summed E-state index contributed by atoms with van der Waals surface area (Å²) in [5, 5.41) is -0.698. The molecule has 1 aromatic carbocycles. The van der Waals surface area contributed by atoms with Crippen LogP contribution >= 0.6 is 0 Å². The van der Waals surface area contributed by atoms with E-state index in [0.717, 1.165) is 5.56 Å². The first-order valence-electron chi connectivity index (χ1n) is 6.11. The van der Waals surface area contributed by atoms with E-state index < -0.39 is 28.3 Å². The van der Waals surface area contributed by atoms with Crippen LogP contribution in [0.2, 0.25) is 0 Å². The molecule has 1 rings (SSSR count). The predicted molar refractivity (Wildman–Crippen MR) is 72.5 cm³/mol. The van der Waals surface area contributed by atoms with Crippen LogP contribution in [0.3, 0.4) is 0 Å². The molecule has 0 radical (unpaired) electrons. The molecule has 0 aliphatic heterocycles. The SMILES string of the molecule is CC(C)(Cc1ccc(F)cc1)NCCC(F)(F)S(=O)O. The van der Waals surface area contributed by atoms with Crippen molar-refractivity contribution in [1.82, 2.24) is 5.32 Å². The lowest BCUT2D eigenvalue weighted by Gasteiger charge is -2.27. The van der Waals surface area contributed by atoms with Gasteiger partial charge in [0.05, 0.1) is 0 Å². The Morgan fingerprint density at radius 1 is 1.25 bits per heavy atom. The van der Waals surface area contributed by atoms with Crippen LogP contribution in [0.25, 0.3) is 0 Å². The van der Waals surface area contributed by atoms with Crippen molar-refractivity contribution in [1.29, 1.82) is 0 Å². The van der Waals surface area contributed by atoms with E-state index in [1.165, 1.54) is 12.1 Å². The van der Waals surface area contributed by atoms with Crippen LogP contribution in [-0.4, -0.2) is 26.1 Å². The number of rotatable bonds is 7. The van der Waals surface area contributed by atoms with Crippen molar-refractivity contribution in [3.8, 4) is 0 Å². The zero-order valence-corrected chi connectivity index (χ0v) is 12.1. The molecule has 0 fully saturated rings. The highest BCUT2D eigenvalue weighted by atomic mass is 32.2. The molecule has 0 spiro atoms. The number of hydrogen-bond acceptors (Lipinski definition) is 2. The van der Waals surface area contributed by atoms with Gasteiger partial charge in [0.15, 0.2) is 0 Å². The molecule has 114 valence electrons. The fraction of sp³-hybridized carbons (Fsp3) is 0.538. The Bertz CT molecular complexity index is 463. The smallest absolute Gasteiger partial charge is 0.311 e. The van der Waals surface area contributed by atoms with Gasteiger partial charge in [0.25, 0.3) is 0 Å². The molecule has 1 atom stereocenters. The number of benzene rings is 1. The van der Waals surface area contributed by atoms with Gasteiger partial charge < -0.3 is 9.87 Å². The zero-order chi connectivity index (χ0) is 15.4. The van der Waals surface area contributed by atoms with Gasteiger partial charge in [-0.15, -0.1) is 0 Å². The second-order valence-electron chi connectivity index (χ2n) is 5.25. The first-order valence-corrected chi connectivity index (χ1v) is 7.21. The normalized spacial score (nSPS) is 14.3. The van der Waals surface area contributed by atoms with Crippen LogP contribution in [-0.2, 0) is 17.5 Å². The van der Waals surface area contributed by atoms with Crippen molar-refractivity contribution >= 4 is 11.1 Å². The standard InChI is InChI=1S/C13H18F3NO2S/c1-12(2,9-10-3-5-11(14)6-4-10)17-8-7-13(15,16)20(18)19/h3-6,17H,7-9H2,1-2H3,(H,18,19). The van der Waals surface area contributed by atoms with Gasteiger partial charge in [0, 0.05) is 18.5 Å². The van der Waals surface area contributed by atoms with Crippen molar-refractivity contribution in [2.24, 2.45) is 0 Å².